The first-order chi connectivity index (χ1) is 39.1. The Morgan fingerprint density at radius 3 is 1.26 bits per heavy atom. The molecule has 80 heavy (non-hydrogen) atoms. The van der Waals surface area contributed by atoms with E-state index in [1.165, 1.54) is 186 Å². The molecule has 0 bridgehead atoms. The fourth-order valence-electron chi connectivity index (χ4n) is 10.7. The quantitative estimate of drug-likeness (QED) is 0.0204. The third-order valence-electron chi connectivity index (χ3n) is 16.0. The third kappa shape index (κ3) is 35.9. The molecule has 2 aliphatic heterocycles. The predicted octanol–water partition coefficient (Wildman–Crippen LogP) is 12.3. The van der Waals surface area contributed by atoms with E-state index < -0.39 is 86.8 Å². The molecule has 0 radical (unpaired) electrons. The Bertz CT molecular complexity index is 1530. The highest BCUT2D eigenvalue weighted by Crippen LogP contribution is 2.30. The van der Waals surface area contributed by atoms with Crippen LogP contribution in [-0.4, -0.2) is 140 Å². The summed E-state index contributed by atoms with van der Waals surface area (Å²) in [5.74, 6) is -0.242. The molecule has 468 valence electrons. The van der Waals surface area contributed by atoms with Crippen molar-refractivity contribution in [1.82, 2.24) is 5.32 Å². The summed E-state index contributed by atoms with van der Waals surface area (Å²) in [4.78, 5) is 13.3. The molecule has 14 heteroatoms. The van der Waals surface area contributed by atoms with Gasteiger partial charge < -0.3 is 65.1 Å². The fraction of sp³-hybridized carbons (Fsp3) is 0.864. The van der Waals surface area contributed by atoms with Crippen molar-refractivity contribution in [3.8, 4) is 0 Å². The van der Waals surface area contributed by atoms with Gasteiger partial charge in [-0.1, -0.05) is 255 Å². The molecule has 2 saturated heterocycles. The van der Waals surface area contributed by atoms with Gasteiger partial charge in [-0.3, -0.25) is 4.79 Å². The summed E-state index contributed by atoms with van der Waals surface area (Å²) in [6, 6.07) is -0.919. The number of amides is 1. The van der Waals surface area contributed by atoms with E-state index in [-0.39, 0.29) is 18.9 Å². The first kappa shape index (κ1) is 74.1. The number of hydrogen-bond donors (Lipinski definition) is 9. The number of aliphatic hydroxyl groups excluding tert-OH is 8. The monoisotopic (exact) mass is 1140 g/mol. The molecule has 9 N–H and O–H groups in total. The number of allylic oxidation sites excluding steroid dienone is 7. The van der Waals surface area contributed by atoms with Gasteiger partial charge in [0.05, 0.1) is 32.0 Å². The van der Waals surface area contributed by atoms with Crippen LogP contribution in [0.4, 0.5) is 0 Å². The van der Waals surface area contributed by atoms with Crippen LogP contribution in [0.15, 0.2) is 48.6 Å². The van der Waals surface area contributed by atoms with Gasteiger partial charge in [0.2, 0.25) is 5.91 Å². The number of rotatable bonds is 53. The molecule has 2 rings (SSSR count). The number of unbranched alkanes of at least 4 members (excludes halogenated alkanes) is 34. The largest absolute Gasteiger partial charge is 0.394 e. The van der Waals surface area contributed by atoms with Crippen LogP contribution in [0.1, 0.15) is 271 Å². The molecule has 0 saturated carbocycles. The van der Waals surface area contributed by atoms with Gasteiger partial charge in [0, 0.05) is 6.42 Å². The number of aliphatic hydroxyl groups is 8. The van der Waals surface area contributed by atoms with Crippen LogP contribution >= 0.6 is 0 Å². The van der Waals surface area contributed by atoms with Crippen LogP contribution in [0.5, 0.6) is 0 Å². The molecular formula is C66H121NO13. The lowest BCUT2D eigenvalue weighted by Crippen LogP contribution is -2.65. The summed E-state index contributed by atoms with van der Waals surface area (Å²) < 4.78 is 22.8. The molecule has 0 aromatic heterocycles. The lowest BCUT2D eigenvalue weighted by atomic mass is 9.97. The minimum atomic E-state index is -1.79. The lowest BCUT2D eigenvalue weighted by Gasteiger charge is -2.46. The minimum Gasteiger partial charge on any atom is -0.394 e. The van der Waals surface area contributed by atoms with Gasteiger partial charge in [-0.25, -0.2) is 0 Å². The SMILES string of the molecule is CCCCCCC/C=C\C/C=C\C/C=C\CCCCCCCCCCCCC(=O)NC(COC1OC(CO)C(OC2OC(CO)C(O)C(O)C2O)C(O)C1O)C(O)/C=C/CCCCCCCCCCCCCCCCCCCCC. The highest BCUT2D eigenvalue weighted by molar-refractivity contribution is 5.76. The number of hydrogen-bond acceptors (Lipinski definition) is 13. The van der Waals surface area contributed by atoms with E-state index in [2.05, 4.69) is 55.6 Å². The van der Waals surface area contributed by atoms with Gasteiger partial charge in [-0.05, 0) is 57.8 Å². The average Bonchev–Trinajstić information content (AvgIpc) is 3.49. The van der Waals surface area contributed by atoms with Crippen LogP contribution in [-0.2, 0) is 23.7 Å². The Hall–Kier alpha value is -2.05. The summed E-state index contributed by atoms with van der Waals surface area (Å²) in [5.41, 5.74) is 0. The van der Waals surface area contributed by atoms with Crippen molar-refractivity contribution in [2.45, 2.75) is 344 Å². The fourth-order valence-corrected chi connectivity index (χ4v) is 10.7. The zero-order valence-electron chi connectivity index (χ0n) is 50.6. The summed E-state index contributed by atoms with van der Waals surface area (Å²) in [7, 11) is 0. The molecule has 2 heterocycles. The van der Waals surface area contributed by atoms with E-state index in [0.29, 0.717) is 6.42 Å². The van der Waals surface area contributed by atoms with Crippen molar-refractivity contribution < 1.29 is 64.6 Å². The number of carbonyl (C=O) groups excluding carboxylic acids is 1. The summed E-state index contributed by atoms with van der Waals surface area (Å²) >= 11 is 0. The Labute approximate surface area is 486 Å². The molecule has 14 nitrogen and oxygen atoms in total. The zero-order chi connectivity index (χ0) is 58.1. The van der Waals surface area contributed by atoms with Crippen LogP contribution in [0, 0.1) is 0 Å². The van der Waals surface area contributed by atoms with Crippen LogP contribution in [0.3, 0.4) is 0 Å². The standard InChI is InChI=1S/C66H121NO13/c1-3-5-7-9-11-13-15-17-19-21-23-25-26-27-28-30-32-34-36-38-40-42-44-46-48-50-58(71)67-54(55(70)49-47-45-43-41-39-37-35-33-31-29-24-22-20-18-16-14-12-10-8-6-4-2)53-77-65-63(76)61(74)64(57(52-69)79-65)80-66-62(75)60(73)59(72)56(51-68)78-66/h15,17,21,23,26-27,47,49,54-57,59-66,68-70,72-76H,3-14,16,18-20,22,24-25,28-46,48,50-53H2,1-2H3,(H,67,71)/b17-15-,23-21-,27-26-,49-47+. The molecular weight excluding hydrogens is 1010 g/mol. The van der Waals surface area contributed by atoms with Crippen molar-refractivity contribution in [1.29, 1.82) is 0 Å². The van der Waals surface area contributed by atoms with E-state index >= 15 is 0 Å². The lowest BCUT2D eigenvalue weighted by molar-refractivity contribution is -0.359. The van der Waals surface area contributed by atoms with Crippen molar-refractivity contribution in [3.63, 3.8) is 0 Å². The molecule has 0 aromatic carbocycles. The maximum Gasteiger partial charge on any atom is 0.220 e. The second-order valence-corrected chi connectivity index (χ2v) is 23.2. The van der Waals surface area contributed by atoms with Crippen LogP contribution in [0.2, 0.25) is 0 Å². The molecule has 1 amide bonds. The maximum atomic E-state index is 13.3. The van der Waals surface area contributed by atoms with Crippen molar-refractivity contribution in [2.24, 2.45) is 0 Å². The second-order valence-electron chi connectivity index (χ2n) is 23.2. The number of nitrogens with one attached hydrogen (secondary N) is 1. The van der Waals surface area contributed by atoms with Crippen LogP contribution < -0.4 is 5.32 Å². The Morgan fingerprint density at radius 2 is 0.825 bits per heavy atom. The van der Waals surface area contributed by atoms with Gasteiger partial charge in [0.15, 0.2) is 12.6 Å². The second kappa shape index (κ2) is 51.4. The first-order valence-corrected chi connectivity index (χ1v) is 32.9. The Morgan fingerprint density at radius 1 is 0.450 bits per heavy atom. The first-order valence-electron chi connectivity index (χ1n) is 32.9. The summed E-state index contributed by atoms with van der Waals surface area (Å²) in [5, 5.41) is 87.3. The minimum absolute atomic E-state index is 0.242. The highest BCUT2D eigenvalue weighted by Gasteiger charge is 2.51. The smallest absolute Gasteiger partial charge is 0.220 e. The molecule has 2 aliphatic rings. The molecule has 12 unspecified atom stereocenters. The van der Waals surface area contributed by atoms with E-state index in [1.807, 2.05) is 6.08 Å². The molecule has 0 aliphatic carbocycles. The van der Waals surface area contributed by atoms with Crippen molar-refractivity contribution in [3.05, 3.63) is 48.6 Å². The summed E-state index contributed by atoms with van der Waals surface area (Å²) in [6.45, 7) is 2.81. The normalized spacial score (nSPS) is 24.5. The molecule has 0 spiro atoms. The average molecular weight is 1140 g/mol. The molecule has 2 fully saturated rings. The van der Waals surface area contributed by atoms with Gasteiger partial charge >= 0.3 is 0 Å². The Kier molecular flexibility index (Phi) is 47.6. The van der Waals surface area contributed by atoms with Crippen molar-refractivity contribution >= 4 is 5.91 Å². The topological polar surface area (TPSA) is 228 Å². The van der Waals surface area contributed by atoms with Crippen LogP contribution in [0.25, 0.3) is 0 Å². The summed E-state index contributed by atoms with van der Waals surface area (Å²) in [6.07, 6.45) is 48.6. The number of ether oxygens (including phenoxy) is 4. The van der Waals surface area contributed by atoms with Gasteiger partial charge in [0.1, 0.15) is 48.8 Å². The van der Waals surface area contributed by atoms with E-state index in [9.17, 15) is 45.6 Å². The predicted molar refractivity (Wildman–Crippen MR) is 323 cm³/mol. The zero-order valence-corrected chi connectivity index (χ0v) is 50.6. The third-order valence-corrected chi connectivity index (χ3v) is 16.0. The van der Waals surface area contributed by atoms with Gasteiger partial charge in [-0.15, -0.1) is 0 Å². The van der Waals surface area contributed by atoms with E-state index in [1.54, 1.807) is 6.08 Å². The van der Waals surface area contributed by atoms with Gasteiger partial charge in [0.25, 0.3) is 0 Å². The number of carbonyl (C=O) groups is 1. The Balaban J connectivity index is 1.73. The molecule has 12 atom stereocenters. The highest BCUT2D eigenvalue weighted by atomic mass is 16.7. The molecule has 0 aromatic rings. The van der Waals surface area contributed by atoms with Gasteiger partial charge in [-0.2, -0.15) is 0 Å². The van der Waals surface area contributed by atoms with Crippen molar-refractivity contribution in [2.75, 3.05) is 19.8 Å². The maximum absolute atomic E-state index is 13.3. The van der Waals surface area contributed by atoms with E-state index in [0.717, 1.165) is 57.8 Å². The van der Waals surface area contributed by atoms with E-state index in [4.69, 9.17) is 18.9 Å².